The summed E-state index contributed by atoms with van der Waals surface area (Å²) in [6.45, 7) is 8.03. The number of benzene rings is 1. The van der Waals surface area contributed by atoms with Crippen molar-refractivity contribution in [1.82, 2.24) is 15.5 Å². The van der Waals surface area contributed by atoms with Crippen LogP contribution in [0.4, 0.5) is 0 Å². The van der Waals surface area contributed by atoms with Gasteiger partial charge in [0.05, 0.1) is 5.92 Å². The molecule has 2 aliphatic rings. The van der Waals surface area contributed by atoms with E-state index < -0.39 is 0 Å². The second-order valence-electron chi connectivity index (χ2n) is 7.11. The van der Waals surface area contributed by atoms with E-state index in [0.717, 1.165) is 19.6 Å². The predicted octanol–water partition coefficient (Wildman–Crippen LogP) is 2.14. The quantitative estimate of drug-likeness (QED) is 0.875. The average molecular weight is 315 g/mol. The highest BCUT2D eigenvalue weighted by molar-refractivity contribution is 5.79. The summed E-state index contributed by atoms with van der Waals surface area (Å²) >= 11 is 0. The number of hydrogen-bond donors (Lipinski definition) is 2. The first kappa shape index (κ1) is 16.5. The van der Waals surface area contributed by atoms with Crippen LogP contribution in [0.3, 0.4) is 0 Å². The number of nitrogens with zero attached hydrogens (tertiary/aromatic N) is 1. The van der Waals surface area contributed by atoms with Crippen LogP contribution in [0.1, 0.15) is 37.3 Å². The van der Waals surface area contributed by atoms with E-state index in [9.17, 15) is 4.79 Å². The lowest BCUT2D eigenvalue weighted by atomic mass is 9.97. The van der Waals surface area contributed by atoms with Gasteiger partial charge in [-0.25, -0.2) is 0 Å². The van der Waals surface area contributed by atoms with Crippen molar-refractivity contribution in [2.45, 2.75) is 39.3 Å². The molecule has 4 nitrogen and oxygen atoms in total. The van der Waals surface area contributed by atoms with Crippen molar-refractivity contribution in [2.24, 2.45) is 11.8 Å². The van der Waals surface area contributed by atoms with Gasteiger partial charge in [-0.05, 0) is 49.5 Å². The first-order chi connectivity index (χ1) is 11.2. The Morgan fingerprint density at radius 3 is 2.48 bits per heavy atom. The van der Waals surface area contributed by atoms with Crippen LogP contribution < -0.4 is 10.6 Å². The number of rotatable bonds is 5. The third-order valence-corrected chi connectivity index (χ3v) is 5.20. The minimum atomic E-state index is 0.119. The molecule has 1 aromatic rings. The highest BCUT2D eigenvalue weighted by Crippen LogP contribution is 2.16. The summed E-state index contributed by atoms with van der Waals surface area (Å²) in [7, 11) is 0. The normalized spacial score (nSPS) is 25.4. The minimum absolute atomic E-state index is 0.119. The molecule has 1 aromatic carbocycles. The highest BCUT2D eigenvalue weighted by Gasteiger charge is 2.29. The Hall–Kier alpha value is -1.39. The molecule has 0 bridgehead atoms. The van der Waals surface area contributed by atoms with Crippen LogP contribution >= 0.6 is 0 Å². The van der Waals surface area contributed by atoms with Crippen LogP contribution in [-0.4, -0.2) is 37.0 Å². The zero-order valence-electron chi connectivity index (χ0n) is 14.2. The van der Waals surface area contributed by atoms with Gasteiger partial charge in [0.15, 0.2) is 0 Å². The maximum Gasteiger partial charge on any atom is 0.224 e. The van der Waals surface area contributed by atoms with Gasteiger partial charge in [-0.2, -0.15) is 0 Å². The molecule has 0 unspecified atom stereocenters. The van der Waals surface area contributed by atoms with Crippen molar-refractivity contribution in [1.29, 1.82) is 0 Å². The number of carbonyl (C=O) groups excluding carboxylic acids is 1. The largest absolute Gasteiger partial charge is 0.352 e. The Labute approximate surface area is 139 Å². The molecule has 0 saturated carbocycles. The molecule has 0 radical (unpaired) electrons. The van der Waals surface area contributed by atoms with Crippen LogP contribution in [-0.2, 0) is 17.9 Å². The summed E-state index contributed by atoms with van der Waals surface area (Å²) in [4.78, 5) is 14.7. The standard InChI is InChI=1S/C19H29N3O/c1-15-11-20-13-18(15)19(23)21-12-16-5-7-17(8-6-16)14-22-9-3-2-4-10-22/h5-8,15,18,20H,2-4,9-14H2,1H3,(H,21,23)/t15-,18-/m1/s1. The smallest absolute Gasteiger partial charge is 0.224 e. The fraction of sp³-hybridized carbons (Fsp3) is 0.632. The molecule has 0 aliphatic carbocycles. The van der Waals surface area contributed by atoms with Crippen LogP contribution in [0.5, 0.6) is 0 Å². The molecule has 2 aliphatic heterocycles. The molecule has 2 fully saturated rings. The summed E-state index contributed by atoms with van der Waals surface area (Å²) in [5, 5.41) is 6.36. The zero-order valence-corrected chi connectivity index (χ0v) is 14.2. The molecule has 2 saturated heterocycles. The van der Waals surface area contributed by atoms with Crippen molar-refractivity contribution < 1.29 is 4.79 Å². The number of likely N-dealkylation sites (tertiary alicyclic amines) is 1. The molecular formula is C19H29N3O. The molecule has 2 heterocycles. The van der Waals surface area contributed by atoms with Crippen LogP contribution in [0.15, 0.2) is 24.3 Å². The van der Waals surface area contributed by atoms with E-state index in [1.807, 2.05) is 0 Å². The van der Waals surface area contributed by atoms with Gasteiger partial charge in [0, 0.05) is 19.6 Å². The van der Waals surface area contributed by atoms with Crippen LogP contribution in [0.25, 0.3) is 0 Å². The van der Waals surface area contributed by atoms with Crippen molar-refractivity contribution in [3.63, 3.8) is 0 Å². The maximum absolute atomic E-state index is 12.2. The fourth-order valence-electron chi connectivity index (χ4n) is 3.62. The number of amides is 1. The first-order valence-corrected chi connectivity index (χ1v) is 9.01. The van der Waals surface area contributed by atoms with Gasteiger partial charge in [0.25, 0.3) is 0 Å². The Morgan fingerprint density at radius 1 is 1.13 bits per heavy atom. The lowest BCUT2D eigenvalue weighted by Gasteiger charge is -2.26. The Bertz CT molecular complexity index is 508. The van der Waals surface area contributed by atoms with E-state index in [2.05, 4.69) is 46.7 Å². The zero-order chi connectivity index (χ0) is 16.1. The predicted molar refractivity (Wildman–Crippen MR) is 92.9 cm³/mol. The van der Waals surface area contributed by atoms with E-state index in [1.165, 1.54) is 43.5 Å². The molecule has 4 heteroatoms. The Morgan fingerprint density at radius 2 is 1.83 bits per heavy atom. The number of nitrogens with one attached hydrogen (secondary N) is 2. The highest BCUT2D eigenvalue weighted by atomic mass is 16.1. The molecule has 1 amide bonds. The van der Waals surface area contributed by atoms with E-state index in [4.69, 9.17) is 0 Å². The lowest BCUT2D eigenvalue weighted by molar-refractivity contribution is -0.125. The van der Waals surface area contributed by atoms with Gasteiger partial charge in [0.2, 0.25) is 5.91 Å². The van der Waals surface area contributed by atoms with Gasteiger partial charge in [-0.1, -0.05) is 37.6 Å². The number of piperidine rings is 1. The summed E-state index contributed by atoms with van der Waals surface area (Å²) in [6.07, 6.45) is 4.04. The van der Waals surface area contributed by atoms with Gasteiger partial charge in [0.1, 0.15) is 0 Å². The van der Waals surface area contributed by atoms with Crippen LogP contribution in [0.2, 0.25) is 0 Å². The molecular weight excluding hydrogens is 286 g/mol. The fourth-order valence-corrected chi connectivity index (χ4v) is 3.62. The van der Waals surface area contributed by atoms with Crippen molar-refractivity contribution >= 4 is 5.91 Å². The van der Waals surface area contributed by atoms with E-state index in [-0.39, 0.29) is 11.8 Å². The second kappa shape index (κ2) is 7.93. The molecule has 3 rings (SSSR count). The maximum atomic E-state index is 12.2. The third kappa shape index (κ3) is 4.55. The molecule has 126 valence electrons. The second-order valence-corrected chi connectivity index (χ2v) is 7.11. The van der Waals surface area contributed by atoms with Crippen molar-refractivity contribution in [2.75, 3.05) is 26.2 Å². The third-order valence-electron chi connectivity index (χ3n) is 5.20. The van der Waals surface area contributed by atoms with Gasteiger partial charge < -0.3 is 10.6 Å². The summed E-state index contributed by atoms with van der Waals surface area (Å²) in [5.41, 5.74) is 2.55. The topological polar surface area (TPSA) is 44.4 Å². The monoisotopic (exact) mass is 315 g/mol. The molecule has 2 atom stereocenters. The van der Waals surface area contributed by atoms with Crippen LogP contribution in [0, 0.1) is 11.8 Å². The van der Waals surface area contributed by atoms with Crippen molar-refractivity contribution in [3.05, 3.63) is 35.4 Å². The first-order valence-electron chi connectivity index (χ1n) is 9.01. The van der Waals surface area contributed by atoms with E-state index in [0.29, 0.717) is 12.5 Å². The Balaban J connectivity index is 1.46. The lowest BCUT2D eigenvalue weighted by Crippen LogP contribution is -2.33. The molecule has 2 N–H and O–H groups in total. The molecule has 0 aromatic heterocycles. The average Bonchev–Trinajstić information content (AvgIpc) is 3.01. The van der Waals surface area contributed by atoms with E-state index in [1.54, 1.807) is 0 Å². The van der Waals surface area contributed by atoms with Gasteiger partial charge in [-0.15, -0.1) is 0 Å². The summed E-state index contributed by atoms with van der Waals surface area (Å²) in [6, 6.07) is 8.71. The van der Waals surface area contributed by atoms with Gasteiger partial charge in [-0.3, -0.25) is 9.69 Å². The Kier molecular flexibility index (Phi) is 5.68. The SMILES string of the molecule is C[C@@H]1CNC[C@H]1C(=O)NCc1ccc(CN2CCCCC2)cc1. The molecule has 0 spiro atoms. The summed E-state index contributed by atoms with van der Waals surface area (Å²) in [5.74, 6) is 0.732. The number of hydrogen-bond acceptors (Lipinski definition) is 3. The van der Waals surface area contributed by atoms with E-state index >= 15 is 0 Å². The molecule has 23 heavy (non-hydrogen) atoms. The van der Waals surface area contributed by atoms with Gasteiger partial charge >= 0.3 is 0 Å². The van der Waals surface area contributed by atoms with Crippen molar-refractivity contribution in [3.8, 4) is 0 Å². The minimum Gasteiger partial charge on any atom is -0.352 e. The summed E-state index contributed by atoms with van der Waals surface area (Å²) < 4.78 is 0. The number of carbonyl (C=O) groups is 1.